The molecule has 2 aromatic rings. The summed E-state index contributed by atoms with van der Waals surface area (Å²) in [6.07, 6.45) is 3.43. The van der Waals surface area contributed by atoms with Crippen LogP contribution in [0.5, 0.6) is 0 Å². The summed E-state index contributed by atoms with van der Waals surface area (Å²) in [7, 11) is 0. The average Bonchev–Trinajstić information content (AvgIpc) is 2.93. The van der Waals surface area contributed by atoms with Gasteiger partial charge in [-0.3, -0.25) is 9.78 Å². The van der Waals surface area contributed by atoms with E-state index in [0.717, 1.165) is 11.3 Å². The van der Waals surface area contributed by atoms with Crippen molar-refractivity contribution in [1.29, 1.82) is 0 Å². The van der Waals surface area contributed by atoms with Gasteiger partial charge in [0.25, 0.3) is 0 Å². The summed E-state index contributed by atoms with van der Waals surface area (Å²) in [5.74, 6) is 1.09. The van der Waals surface area contributed by atoms with Gasteiger partial charge >= 0.3 is 0 Å². The molecule has 6 heteroatoms. The number of amides is 1. The molecular formula is C14H17N3O2S. The van der Waals surface area contributed by atoms with Crippen molar-refractivity contribution >= 4 is 17.7 Å². The van der Waals surface area contributed by atoms with Crippen LogP contribution < -0.4 is 5.32 Å². The highest BCUT2D eigenvalue weighted by Crippen LogP contribution is 2.17. The van der Waals surface area contributed by atoms with E-state index in [2.05, 4.69) is 29.3 Å². The maximum absolute atomic E-state index is 11.6. The number of hydrogen-bond acceptors (Lipinski definition) is 5. The molecular weight excluding hydrogens is 274 g/mol. The van der Waals surface area contributed by atoms with Crippen LogP contribution in [0.25, 0.3) is 11.3 Å². The van der Waals surface area contributed by atoms with Crippen molar-refractivity contribution in [3.05, 3.63) is 36.4 Å². The van der Waals surface area contributed by atoms with Gasteiger partial charge in [0, 0.05) is 24.0 Å². The van der Waals surface area contributed by atoms with Crippen LogP contribution in [0.15, 0.2) is 35.1 Å². The maximum atomic E-state index is 11.6. The van der Waals surface area contributed by atoms with Gasteiger partial charge in [-0.1, -0.05) is 19.0 Å². The minimum Gasteiger partial charge on any atom is -0.359 e. The highest BCUT2D eigenvalue weighted by molar-refractivity contribution is 8.00. The molecule has 0 atom stereocenters. The number of nitrogens with zero attached hydrogens (tertiary/aromatic N) is 2. The molecule has 0 aromatic carbocycles. The molecule has 0 bridgehead atoms. The molecule has 0 unspecified atom stereocenters. The SMILES string of the molecule is CC(C)SCC(=O)NCc1cc(-c2cccnc2)no1. The number of aromatic nitrogens is 2. The molecule has 2 rings (SSSR count). The van der Waals surface area contributed by atoms with Gasteiger partial charge in [0.15, 0.2) is 5.76 Å². The minimum absolute atomic E-state index is 0.00280. The Morgan fingerprint density at radius 2 is 2.35 bits per heavy atom. The third-order valence-corrected chi connectivity index (χ3v) is 3.62. The van der Waals surface area contributed by atoms with E-state index in [9.17, 15) is 4.79 Å². The predicted octanol–water partition coefficient (Wildman–Crippen LogP) is 2.49. The quantitative estimate of drug-likeness (QED) is 0.885. The van der Waals surface area contributed by atoms with Gasteiger partial charge in [-0.2, -0.15) is 0 Å². The summed E-state index contributed by atoms with van der Waals surface area (Å²) in [5, 5.41) is 7.22. The van der Waals surface area contributed by atoms with Crippen LogP contribution in [0.4, 0.5) is 0 Å². The molecule has 2 heterocycles. The van der Waals surface area contributed by atoms with E-state index < -0.39 is 0 Å². The summed E-state index contributed by atoms with van der Waals surface area (Å²) < 4.78 is 5.20. The Morgan fingerprint density at radius 3 is 3.05 bits per heavy atom. The zero-order valence-electron chi connectivity index (χ0n) is 11.5. The molecule has 1 amide bonds. The van der Waals surface area contributed by atoms with E-state index in [-0.39, 0.29) is 5.91 Å². The summed E-state index contributed by atoms with van der Waals surface area (Å²) in [5.41, 5.74) is 1.61. The lowest BCUT2D eigenvalue weighted by Gasteiger charge is -2.04. The van der Waals surface area contributed by atoms with Crippen molar-refractivity contribution < 1.29 is 9.32 Å². The number of rotatable bonds is 6. The Kier molecular flexibility index (Phi) is 5.17. The van der Waals surface area contributed by atoms with Crippen molar-refractivity contribution in [3.63, 3.8) is 0 Å². The lowest BCUT2D eigenvalue weighted by molar-refractivity contribution is -0.118. The molecule has 0 saturated heterocycles. The first-order valence-corrected chi connectivity index (χ1v) is 7.44. The fraction of sp³-hybridized carbons (Fsp3) is 0.357. The van der Waals surface area contributed by atoms with Crippen molar-refractivity contribution in [3.8, 4) is 11.3 Å². The van der Waals surface area contributed by atoms with E-state index >= 15 is 0 Å². The Bertz CT molecular complexity index is 555. The van der Waals surface area contributed by atoms with Gasteiger partial charge in [0.2, 0.25) is 5.91 Å². The smallest absolute Gasteiger partial charge is 0.230 e. The van der Waals surface area contributed by atoms with E-state index in [1.807, 2.05) is 18.2 Å². The van der Waals surface area contributed by atoms with Crippen molar-refractivity contribution in [1.82, 2.24) is 15.5 Å². The average molecular weight is 291 g/mol. The Balaban J connectivity index is 1.86. The highest BCUT2D eigenvalue weighted by atomic mass is 32.2. The Hall–Kier alpha value is -1.82. The molecule has 0 aliphatic heterocycles. The van der Waals surface area contributed by atoms with Crippen LogP contribution in [-0.2, 0) is 11.3 Å². The lowest BCUT2D eigenvalue weighted by Crippen LogP contribution is -2.24. The van der Waals surface area contributed by atoms with Crippen molar-refractivity contribution in [2.24, 2.45) is 0 Å². The predicted molar refractivity (Wildman–Crippen MR) is 79.2 cm³/mol. The molecule has 2 aromatic heterocycles. The number of carbonyl (C=O) groups is 1. The molecule has 0 radical (unpaired) electrons. The van der Waals surface area contributed by atoms with E-state index in [0.29, 0.717) is 23.3 Å². The summed E-state index contributed by atoms with van der Waals surface area (Å²) in [4.78, 5) is 15.6. The van der Waals surface area contributed by atoms with Gasteiger partial charge in [-0.25, -0.2) is 0 Å². The number of nitrogens with one attached hydrogen (secondary N) is 1. The van der Waals surface area contributed by atoms with E-state index in [4.69, 9.17) is 4.52 Å². The largest absolute Gasteiger partial charge is 0.359 e. The summed E-state index contributed by atoms with van der Waals surface area (Å²) >= 11 is 1.61. The zero-order valence-corrected chi connectivity index (χ0v) is 12.3. The first kappa shape index (κ1) is 14.6. The zero-order chi connectivity index (χ0) is 14.4. The van der Waals surface area contributed by atoms with Crippen molar-refractivity contribution in [2.75, 3.05) is 5.75 Å². The van der Waals surface area contributed by atoms with Gasteiger partial charge in [0.1, 0.15) is 5.69 Å². The molecule has 0 aliphatic carbocycles. The van der Waals surface area contributed by atoms with Gasteiger partial charge in [-0.05, 0) is 17.4 Å². The standard InChI is InChI=1S/C14H17N3O2S/c1-10(2)20-9-14(18)16-8-12-6-13(17-19-12)11-4-3-5-15-7-11/h3-7,10H,8-9H2,1-2H3,(H,16,18). The summed E-state index contributed by atoms with van der Waals surface area (Å²) in [6.45, 7) is 4.48. The number of pyridine rings is 1. The normalized spacial score (nSPS) is 10.8. The fourth-order valence-corrected chi connectivity index (χ4v) is 2.11. The third kappa shape index (κ3) is 4.38. The maximum Gasteiger partial charge on any atom is 0.230 e. The second-order valence-electron chi connectivity index (χ2n) is 4.56. The van der Waals surface area contributed by atoms with Gasteiger partial charge < -0.3 is 9.84 Å². The second kappa shape index (κ2) is 7.09. The molecule has 0 spiro atoms. The molecule has 0 aliphatic rings. The molecule has 20 heavy (non-hydrogen) atoms. The van der Waals surface area contributed by atoms with Crippen molar-refractivity contribution in [2.45, 2.75) is 25.6 Å². The van der Waals surface area contributed by atoms with Crippen LogP contribution in [0.2, 0.25) is 0 Å². The monoisotopic (exact) mass is 291 g/mol. The number of thioether (sulfide) groups is 1. The molecule has 0 saturated carbocycles. The molecule has 1 N–H and O–H groups in total. The number of hydrogen-bond donors (Lipinski definition) is 1. The fourth-order valence-electron chi connectivity index (χ4n) is 1.53. The molecule has 5 nitrogen and oxygen atoms in total. The third-order valence-electron chi connectivity index (χ3n) is 2.52. The number of carbonyl (C=O) groups excluding carboxylic acids is 1. The highest BCUT2D eigenvalue weighted by Gasteiger charge is 2.08. The van der Waals surface area contributed by atoms with Crippen LogP contribution >= 0.6 is 11.8 Å². The Labute approximate surface area is 122 Å². The first-order chi connectivity index (χ1) is 9.65. The van der Waals surface area contributed by atoms with Crippen LogP contribution in [0, 0.1) is 0 Å². The van der Waals surface area contributed by atoms with Crippen LogP contribution in [0.3, 0.4) is 0 Å². The summed E-state index contributed by atoms with van der Waals surface area (Å²) in [6, 6.07) is 5.56. The van der Waals surface area contributed by atoms with E-state index in [1.165, 1.54) is 0 Å². The molecule has 106 valence electrons. The van der Waals surface area contributed by atoms with E-state index in [1.54, 1.807) is 24.2 Å². The molecule has 0 fully saturated rings. The van der Waals surface area contributed by atoms with Gasteiger partial charge in [0.05, 0.1) is 12.3 Å². The second-order valence-corrected chi connectivity index (χ2v) is 6.12. The first-order valence-electron chi connectivity index (χ1n) is 6.39. The lowest BCUT2D eigenvalue weighted by atomic mass is 10.2. The van der Waals surface area contributed by atoms with Crippen LogP contribution in [0.1, 0.15) is 19.6 Å². The topological polar surface area (TPSA) is 68.0 Å². The van der Waals surface area contributed by atoms with Crippen LogP contribution in [-0.4, -0.2) is 27.1 Å². The minimum atomic E-state index is 0.00280. The van der Waals surface area contributed by atoms with Gasteiger partial charge in [-0.15, -0.1) is 11.8 Å². The Morgan fingerprint density at radius 1 is 1.50 bits per heavy atom.